The van der Waals surface area contributed by atoms with Crippen molar-refractivity contribution in [2.45, 2.75) is 19.6 Å². The van der Waals surface area contributed by atoms with Gasteiger partial charge in [0.2, 0.25) is 11.6 Å². The topological polar surface area (TPSA) is 50.3 Å². The van der Waals surface area contributed by atoms with Crippen LogP contribution in [0.4, 0.5) is 29.1 Å². The van der Waals surface area contributed by atoms with Crippen molar-refractivity contribution < 1.29 is 22.3 Å². The standard InChI is InChI=1S/C16H16F4N4O/c1-9-8-24(4-5-25-9)11-3-2-10(6-21-11)7-22-14-12(17)15(19)23-16(20)13(14)18/h2-3,6,9H,4-5,7-8H2,1H3,(H,22,23). The molecule has 0 bridgehead atoms. The van der Waals surface area contributed by atoms with Crippen LogP contribution in [0.15, 0.2) is 18.3 Å². The molecule has 1 aliphatic heterocycles. The fourth-order valence-corrected chi connectivity index (χ4v) is 2.57. The van der Waals surface area contributed by atoms with Crippen LogP contribution in [0.1, 0.15) is 12.5 Å². The van der Waals surface area contributed by atoms with E-state index in [1.807, 2.05) is 6.92 Å². The Balaban J connectivity index is 1.69. The van der Waals surface area contributed by atoms with Crippen LogP contribution in [0.2, 0.25) is 0 Å². The van der Waals surface area contributed by atoms with E-state index in [0.717, 1.165) is 18.9 Å². The lowest BCUT2D eigenvalue weighted by Gasteiger charge is -2.32. The average Bonchev–Trinajstić information content (AvgIpc) is 2.60. The third-order valence-electron chi connectivity index (χ3n) is 3.84. The van der Waals surface area contributed by atoms with Gasteiger partial charge in [-0.1, -0.05) is 6.07 Å². The minimum Gasteiger partial charge on any atom is -0.376 e. The summed E-state index contributed by atoms with van der Waals surface area (Å²) in [6.07, 6.45) is 1.64. The summed E-state index contributed by atoms with van der Waals surface area (Å²) in [7, 11) is 0. The molecule has 1 unspecified atom stereocenters. The summed E-state index contributed by atoms with van der Waals surface area (Å²) >= 11 is 0. The summed E-state index contributed by atoms with van der Waals surface area (Å²) in [5, 5.41) is 2.34. The van der Waals surface area contributed by atoms with Gasteiger partial charge in [-0.25, -0.2) is 4.98 Å². The lowest BCUT2D eigenvalue weighted by Crippen LogP contribution is -2.41. The SMILES string of the molecule is CC1CN(c2ccc(CNc3c(F)c(F)nc(F)c3F)cn2)CCO1. The van der Waals surface area contributed by atoms with Gasteiger partial charge in [0, 0.05) is 25.8 Å². The van der Waals surface area contributed by atoms with Gasteiger partial charge in [-0.3, -0.25) is 0 Å². The van der Waals surface area contributed by atoms with E-state index in [1.165, 1.54) is 6.20 Å². The number of anilines is 2. The van der Waals surface area contributed by atoms with Crippen LogP contribution < -0.4 is 10.2 Å². The van der Waals surface area contributed by atoms with E-state index in [0.29, 0.717) is 12.2 Å². The largest absolute Gasteiger partial charge is 0.376 e. The third kappa shape index (κ3) is 3.81. The molecule has 0 spiro atoms. The minimum absolute atomic E-state index is 0.0521. The molecular weight excluding hydrogens is 340 g/mol. The number of ether oxygens (including phenoxy) is 1. The summed E-state index contributed by atoms with van der Waals surface area (Å²) in [5.74, 6) is -5.76. The van der Waals surface area contributed by atoms with E-state index in [2.05, 4.69) is 20.2 Å². The molecule has 2 aromatic rings. The highest BCUT2D eigenvalue weighted by Crippen LogP contribution is 2.23. The number of pyridine rings is 2. The van der Waals surface area contributed by atoms with Crippen LogP contribution >= 0.6 is 0 Å². The lowest BCUT2D eigenvalue weighted by molar-refractivity contribution is 0.0529. The van der Waals surface area contributed by atoms with E-state index >= 15 is 0 Å². The normalized spacial score (nSPS) is 17.6. The van der Waals surface area contributed by atoms with E-state index in [9.17, 15) is 17.6 Å². The molecule has 1 aliphatic rings. The van der Waals surface area contributed by atoms with Crippen LogP contribution in [0, 0.1) is 23.5 Å². The summed E-state index contributed by atoms with van der Waals surface area (Å²) in [6, 6.07) is 3.49. The van der Waals surface area contributed by atoms with E-state index in [4.69, 9.17) is 4.74 Å². The van der Waals surface area contributed by atoms with Crippen molar-refractivity contribution >= 4 is 11.5 Å². The molecule has 0 radical (unpaired) electrons. The summed E-state index contributed by atoms with van der Waals surface area (Å²) in [5.41, 5.74) is -0.294. The molecule has 5 nitrogen and oxygen atoms in total. The van der Waals surface area contributed by atoms with Crippen molar-refractivity contribution in [3.8, 4) is 0 Å². The molecule has 1 saturated heterocycles. The number of nitrogens with zero attached hydrogens (tertiary/aromatic N) is 3. The summed E-state index contributed by atoms with van der Waals surface area (Å²) in [6.45, 7) is 3.98. The molecule has 25 heavy (non-hydrogen) atoms. The van der Waals surface area contributed by atoms with Gasteiger partial charge in [-0.05, 0) is 18.6 Å². The van der Waals surface area contributed by atoms with Crippen LogP contribution in [-0.4, -0.2) is 35.8 Å². The first kappa shape index (κ1) is 17.4. The predicted octanol–water partition coefficient (Wildman–Crippen LogP) is 2.87. The first-order valence-corrected chi connectivity index (χ1v) is 7.71. The fraction of sp³-hybridized carbons (Fsp3) is 0.375. The number of nitrogens with one attached hydrogen (secondary N) is 1. The second-order valence-corrected chi connectivity index (χ2v) is 5.70. The molecule has 1 fully saturated rings. The van der Waals surface area contributed by atoms with Crippen LogP contribution in [0.5, 0.6) is 0 Å². The highest BCUT2D eigenvalue weighted by Gasteiger charge is 2.21. The second kappa shape index (κ2) is 7.22. The molecule has 1 N–H and O–H groups in total. The quantitative estimate of drug-likeness (QED) is 0.674. The Kier molecular flexibility index (Phi) is 5.03. The molecule has 1 atom stereocenters. The maximum absolute atomic E-state index is 13.5. The maximum atomic E-state index is 13.5. The Bertz CT molecular complexity index is 731. The number of halogens is 4. The van der Waals surface area contributed by atoms with Gasteiger partial charge < -0.3 is 15.0 Å². The predicted molar refractivity (Wildman–Crippen MR) is 83.3 cm³/mol. The second-order valence-electron chi connectivity index (χ2n) is 5.70. The lowest BCUT2D eigenvalue weighted by atomic mass is 10.2. The van der Waals surface area contributed by atoms with Gasteiger partial charge in [-0.2, -0.15) is 22.5 Å². The van der Waals surface area contributed by atoms with Gasteiger partial charge in [0.25, 0.3) is 11.9 Å². The zero-order chi connectivity index (χ0) is 18.0. The smallest absolute Gasteiger partial charge is 0.253 e. The van der Waals surface area contributed by atoms with E-state index in [-0.39, 0.29) is 12.6 Å². The van der Waals surface area contributed by atoms with Crippen molar-refractivity contribution in [3.05, 3.63) is 47.4 Å². The van der Waals surface area contributed by atoms with E-state index in [1.54, 1.807) is 12.1 Å². The first-order chi connectivity index (χ1) is 12.0. The Morgan fingerprint density at radius 2 is 1.92 bits per heavy atom. The molecule has 0 aromatic carbocycles. The number of aromatic nitrogens is 2. The van der Waals surface area contributed by atoms with Crippen LogP contribution in [0.3, 0.4) is 0 Å². The summed E-state index contributed by atoms with van der Waals surface area (Å²) < 4.78 is 58.7. The van der Waals surface area contributed by atoms with Gasteiger partial charge in [0.1, 0.15) is 11.5 Å². The number of morpholine rings is 1. The Morgan fingerprint density at radius 1 is 1.20 bits per heavy atom. The average molecular weight is 356 g/mol. The van der Waals surface area contributed by atoms with Crippen molar-refractivity contribution in [2.24, 2.45) is 0 Å². The molecule has 9 heteroatoms. The van der Waals surface area contributed by atoms with Crippen molar-refractivity contribution in [1.29, 1.82) is 0 Å². The van der Waals surface area contributed by atoms with Gasteiger partial charge in [0.05, 0.1) is 12.7 Å². The highest BCUT2D eigenvalue weighted by molar-refractivity contribution is 5.46. The molecular formula is C16H16F4N4O. The van der Waals surface area contributed by atoms with Gasteiger partial charge >= 0.3 is 0 Å². The zero-order valence-electron chi connectivity index (χ0n) is 13.4. The van der Waals surface area contributed by atoms with Crippen LogP contribution in [-0.2, 0) is 11.3 Å². The molecule has 3 rings (SSSR count). The maximum Gasteiger partial charge on any atom is 0.253 e. The van der Waals surface area contributed by atoms with Crippen molar-refractivity contribution in [2.75, 3.05) is 29.9 Å². The number of hydrogen-bond donors (Lipinski definition) is 1. The highest BCUT2D eigenvalue weighted by atomic mass is 19.2. The molecule has 3 heterocycles. The van der Waals surface area contributed by atoms with Gasteiger partial charge in [0.15, 0.2) is 0 Å². The molecule has 0 saturated carbocycles. The van der Waals surface area contributed by atoms with Crippen molar-refractivity contribution in [3.63, 3.8) is 0 Å². The zero-order valence-corrected chi connectivity index (χ0v) is 13.4. The van der Waals surface area contributed by atoms with Crippen molar-refractivity contribution in [1.82, 2.24) is 9.97 Å². The van der Waals surface area contributed by atoms with Gasteiger partial charge in [-0.15, -0.1) is 0 Å². The number of hydrogen-bond acceptors (Lipinski definition) is 5. The van der Waals surface area contributed by atoms with E-state index < -0.39 is 29.2 Å². The number of rotatable bonds is 4. The molecule has 0 amide bonds. The Hall–Kier alpha value is -2.42. The molecule has 134 valence electrons. The Morgan fingerprint density at radius 3 is 2.52 bits per heavy atom. The van der Waals surface area contributed by atoms with Crippen LogP contribution in [0.25, 0.3) is 0 Å². The third-order valence-corrected chi connectivity index (χ3v) is 3.84. The monoisotopic (exact) mass is 356 g/mol. The molecule has 2 aromatic heterocycles. The minimum atomic E-state index is -1.70. The summed E-state index contributed by atoms with van der Waals surface area (Å²) in [4.78, 5) is 8.89. The fourth-order valence-electron chi connectivity index (χ4n) is 2.57. The Labute approximate surface area is 141 Å². The first-order valence-electron chi connectivity index (χ1n) is 7.71. The molecule has 0 aliphatic carbocycles.